The van der Waals surface area contributed by atoms with E-state index in [2.05, 4.69) is 5.32 Å². The average molecular weight is 386 g/mol. The maximum Gasteiger partial charge on any atom is 0.258 e. The molecule has 0 spiro atoms. The second-order valence-electron chi connectivity index (χ2n) is 6.93. The Labute approximate surface area is 167 Å². The molecule has 0 fully saturated rings. The van der Waals surface area contributed by atoms with Gasteiger partial charge in [-0.15, -0.1) is 0 Å². The fourth-order valence-corrected chi connectivity index (χ4v) is 2.87. The number of methoxy groups -OCH3 is 2. The summed E-state index contributed by atoms with van der Waals surface area (Å²) in [5.41, 5.74) is 3.36. The van der Waals surface area contributed by atoms with Gasteiger partial charge < -0.3 is 24.4 Å². The summed E-state index contributed by atoms with van der Waals surface area (Å²) in [5, 5.41) is 2.95. The third-order valence-corrected chi connectivity index (χ3v) is 4.76. The second kappa shape index (κ2) is 9.99. The van der Waals surface area contributed by atoms with Crippen LogP contribution in [0.25, 0.3) is 0 Å². The average Bonchev–Trinajstić information content (AvgIpc) is 2.68. The van der Waals surface area contributed by atoms with Crippen molar-refractivity contribution in [3.8, 4) is 17.2 Å². The van der Waals surface area contributed by atoms with E-state index in [4.69, 9.17) is 14.2 Å². The topological polar surface area (TPSA) is 60.0 Å². The van der Waals surface area contributed by atoms with Crippen molar-refractivity contribution in [3.05, 3.63) is 53.1 Å². The third kappa shape index (κ3) is 5.63. The summed E-state index contributed by atoms with van der Waals surface area (Å²) in [4.78, 5) is 14.3. The molecule has 2 aromatic rings. The van der Waals surface area contributed by atoms with Gasteiger partial charge >= 0.3 is 0 Å². The van der Waals surface area contributed by atoms with Gasteiger partial charge in [-0.05, 0) is 68.9 Å². The molecule has 0 aliphatic heterocycles. The highest BCUT2D eigenvalue weighted by molar-refractivity contribution is 5.77. The van der Waals surface area contributed by atoms with Crippen molar-refractivity contribution < 1.29 is 19.0 Å². The minimum Gasteiger partial charge on any atom is -0.493 e. The third-order valence-electron chi connectivity index (χ3n) is 4.76. The van der Waals surface area contributed by atoms with Crippen LogP contribution in [-0.4, -0.2) is 52.3 Å². The molecule has 2 aromatic carbocycles. The summed E-state index contributed by atoms with van der Waals surface area (Å²) in [7, 11) is 7.16. The van der Waals surface area contributed by atoms with Crippen LogP contribution < -0.4 is 19.5 Å². The lowest BCUT2D eigenvalue weighted by Crippen LogP contribution is -2.36. The maximum atomic E-state index is 12.3. The Morgan fingerprint density at radius 1 is 1.00 bits per heavy atom. The molecule has 0 heterocycles. The van der Waals surface area contributed by atoms with E-state index < -0.39 is 0 Å². The Balaban J connectivity index is 1.97. The lowest BCUT2D eigenvalue weighted by Gasteiger charge is -2.26. The largest absolute Gasteiger partial charge is 0.493 e. The number of hydrogen-bond donors (Lipinski definition) is 1. The second-order valence-corrected chi connectivity index (χ2v) is 6.93. The van der Waals surface area contributed by atoms with Crippen LogP contribution in [-0.2, 0) is 4.79 Å². The van der Waals surface area contributed by atoms with Crippen LogP contribution in [0.5, 0.6) is 17.2 Å². The minimum absolute atomic E-state index is 0.00891. The molecular weight excluding hydrogens is 356 g/mol. The smallest absolute Gasteiger partial charge is 0.258 e. The van der Waals surface area contributed by atoms with Crippen molar-refractivity contribution in [3.63, 3.8) is 0 Å². The number of rotatable bonds is 9. The molecule has 0 bridgehead atoms. The predicted molar refractivity (Wildman–Crippen MR) is 110 cm³/mol. The first-order valence-corrected chi connectivity index (χ1v) is 9.20. The van der Waals surface area contributed by atoms with Crippen molar-refractivity contribution in [1.82, 2.24) is 10.2 Å². The normalized spacial score (nSPS) is 11.8. The number of benzene rings is 2. The van der Waals surface area contributed by atoms with Crippen LogP contribution >= 0.6 is 0 Å². The van der Waals surface area contributed by atoms with E-state index in [1.807, 2.05) is 69.2 Å². The highest BCUT2D eigenvalue weighted by atomic mass is 16.5. The molecule has 0 aliphatic rings. The molecule has 0 saturated carbocycles. The van der Waals surface area contributed by atoms with Crippen LogP contribution in [0.15, 0.2) is 36.4 Å². The predicted octanol–water partition coefficient (Wildman–Crippen LogP) is 3.12. The van der Waals surface area contributed by atoms with E-state index in [9.17, 15) is 4.79 Å². The van der Waals surface area contributed by atoms with Gasteiger partial charge in [-0.1, -0.05) is 12.1 Å². The van der Waals surface area contributed by atoms with Crippen molar-refractivity contribution >= 4 is 5.91 Å². The van der Waals surface area contributed by atoms with Gasteiger partial charge in [0.05, 0.1) is 20.3 Å². The summed E-state index contributed by atoms with van der Waals surface area (Å²) >= 11 is 0. The monoisotopic (exact) mass is 386 g/mol. The number of carbonyl (C=O) groups excluding carboxylic acids is 1. The zero-order valence-electron chi connectivity index (χ0n) is 17.5. The van der Waals surface area contributed by atoms with Gasteiger partial charge in [0.15, 0.2) is 18.1 Å². The summed E-state index contributed by atoms with van der Waals surface area (Å²) < 4.78 is 16.3. The number of aryl methyl sites for hydroxylation is 2. The molecule has 1 N–H and O–H groups in total. The van der Waals surface area contributed by atoms with Crippen molar-refractivity contribution in [1.29, 1.82) is 0 Å². The van der Waals surface area contributed by atoms with Gasteiger partial charge in [0.1, 0.15) is 5.75 Å². The summed E-state index contributed by atoms with van der Waals surface area (Å²) in [6.45, 7) is 4.50. The Bertz CT molecular complexity index is 805. The van der Waals surface area contributed by atoms with E-state index in [1.165, 1.54) is 5.56 Å². The van der Waals surface area contributed by atoms with Gasteiger partial charge in [-0.2, -0.15) is 0 Å². The molecule has 1 amide bonds. The van der Waals surface area contributed by atoms with Crippen LogP contribution in [0.2, 0.25) is 0 Å². The number of nitrogens with one attached hydrogen (secondary N) is 1. The Hall–Kier alpha value is -2.73. The molecule has 2 rings (SSSR count). The van der Waals surface area contributed by atoms with Crippen LogP contribution in [0.3, 0.4) is 0 Å². The van der Waals surface area contributed by atoms with E-state index in [-0.39, 0.29) is 18.6 Å². The highest BCUT2D eigenvalue weighted by Crippen LogP contribution is 2.31. The molecule has 0 aliphatic carbocycles. The summed E-state index contributed by atoms with van der Waals surface area (Å²) in [6.07, 6.45) is 0. The molecule has 0 aromatic heterocycles. The van der Waals surface area contributed by atoms with Crippen LogP contribution in [0.1, 0.15) is 22.7 Å². The molecule has 6 nitrogen and oxygen atoms in total. The fourth-order valence-electron chi connectivity index (χ4n) is 2.87. The SMILES string of the molecule is COc1ccc(C(CNC(=O)COc2ccc(C)c(C)c2)N(C)C)cc1OC. The number of ether oxygens (including phenoxy) is 3. The number of likely N-dealkylation sites (N-methyl/N-ethyl adjacent to an activating group) is 1. The molecular formula is C22H30N2O4. The Morgan fingerprint density at radius 2 is 1.71 bits per heavy atom. The molecule has 0 saturated heterocycles. The van der Waals surface area contributed by atoms with E-state index in [0.29, 0.717) is 23.8 Å². The van der Waals surface area contributed by atoms with Crippen LogP contribution in [0, 0.1) is 13.8 Å². The van der Waals surface area contributed by atoms with E-state index in [1.54, 1.807) is 14.2 Å². The maximum absolute atomic E-state index is 12.3. The molecule has 1 atom stereocenters. The van der Waals surface area contributed by atoms with Gasteiger partial charge in [0.2, 0.25) is 0 Å². The van der Waals surface area contributed by atoms with Crippen molar-refractivity contribution in [2.45, 2.75) is 19.9 Å². The molecule has 28 heavy (non-hydrogen) atoms. The molecule has 6 heteroatoms. The van der Waals surface area contributed by atoms with Gasteiger partial charge in [0, 0.05) is 6.54 Å². The van der Waals surface area contributed by atoms with E-state index >= 15 is 0 Å². The highest BCUT2D eigenvalue weighted by Gasteiger charge is 2.18. The first kappa shape index (κ1) is 21.6. The fraction of sp³-hybridized carbons (Fsp3) is 0.409. The molecule has 1 unspecified atom stereocenters. The Kier molecular flexibility index (Phi) is 7.70. The van der Waals surface area contributed by atoms with Gasteiger partial charge in [0.25, 0.3) is 5.91 Å². The van der Waals surface area contributed by atoms with E-state index in [0.717, 1.165) is 11.1 Å². The standard InChI is InChI=1S/C22H30N2O4/c1-15-7-9-18(11-16(15)2)28-14-22(25)23-13-19(24(3)4)17-8-10-20(26-5)21(12-17)27-6/h7-12,19H,13-14H2,1-6H3,(H,23,25). The number of nitrogens with zero attached hydrogens (tertiary/aromatic N) is 1. The first-order valence-electron chi connectivity index (χ1n) is 9.20. The van der Waals surface area contributed by atoms with Crippen molar-refractivity contribution in [2.24, 2.45) is 0 Å². The number of amides is 1. The minimum atomic E-state index is -0.162. The van der Waals surface area contributed by atoms with Gasteiger partial charge in [-0.3, -0.25) is 4.79 Å². The number of carbonyl (C=O) groups is 1. The summed E-state index contributed by atoms with van der Waals surface area (Å²) in [5.74, 6) is 1.87. The lowest BCUT2D eigenvalue weighted by atomic mass is 10.1. The number of hydrogen-bond acceptors (Lipinski definition) is 5. The van der Waals surface area contributed by atoms with Crippen molar-refractivity contribution in [2.75, 3.05) is 41.5 Å². The molecule has 0 radical (unpaired) electrons. The van der Waals surface area contributed by atoms with Gasteiger partial charge in [-0.25, -0.2) is 0 Å². The molecule has 152 valence electrons. The zero-order valence-corrected chi connectivity index (χ0v) is 17.5. The first-order chi connectivity index (χ1) is 13.3. The lowest BCUT2D eigenvalue weighted by molar-refractivity contribution is -0.123. The summed E-state index contributed by atoms with van der Waals surface area (Å²) in [6, 6.07) is 11.6. The quantitative estimate of drug-likeness (QED) is 0.718. The Morgan fingerprint density at radius 3 is 2.32 bits per heavy atom. The zero-order chi connectivity index (χ0) is 20.7. The van der Waals surface area contributed by atoms with Crippen LogP contribution in [0.4, 0.5) is 0 Å².